The number of allylic oxidation sites excluding steroid dienone is 1. The Morgan fingerprint density at radius 2 is 1.69 bits per heavy atom. The van der Waals surface area contributed by atoms with Crippen molar-refractivity contribution in [2.75, 3.05) is 34.3 Å². The summed E-state index contributed by atoms with van der Waals surface area (Å²) in [7, 11) is 3.91. The van der Waals surface area contributed by atoms with Crippen LogP contribution < -0.4 is 9.46 Å². The van der Waals surface area contributed by atoms with Gasteiger partial charge in [0.05, 0.1) is 42.1 Å². The minimum atomic E-state index is -3.79. The number of methoxy groups -OCH3 is 1. The first-order valence-corrected chi connectivity index (χ1v) is 21.2. The number of piperidine rings is 1. The molecular weight excluding hydrogens is 701 g/mol. The Kier molecular flexibility index (Phi) is 9.93. The van der Waals surface area contributed by atoms with Crippen LogP contribution in [0.1, 0.15) is 114 Å². The molecule has 1 saturated heterocycles. The first-order valence-electron chi connectivity index (χ1n) is 19.6. The summed E-state index contributed by atoms with van der Waals surface area (Å²) in [6.45, 7) is 1.79. The van der Waals surface area contributed by atoms with Crippen LogP contribution in [0.2, 0.25) is 0 Å². The molecule has 11 nitrogen and oxygen atoms in total. The van der Waals surface area contributed by atoms with Crippen LogP contribution in [-0.2, 0) is 23.6 Å². The third-order valence-electron chi connectivity index (χ3n) is 12.4. The van der Waals surface area contributed by atoms with Crippen molar-refractivity contribution in [2.45, 2.75) is 94.4 Å². The SMILES string of the molecule is COc1ccc2c(c1)C=C(c1c(C(=O)N3CCCC(N(C)C)C3)cnn1C)Cn1c-2c(C2CCCCC2)c2ccc(C(=O)NS(=O)(=O)C3CCCC3)cc21. The lowest BCUT2D eigenvalue weighted by molar-refractivity contribution is 0.0634. The number of aryl methyl sites for hydroxylation is 1. The summed E-state index contributed by atoms with van der Waals surface area (Å²) in [6, 6.07) is 12.1. The van der Waals surface area contributed by atoms with Crippen molar-refractivity contribution in [2.24, 2.45) is 7.05 Å². The molecule has 0 bridgehead atoms. The molecule has 2 aromatic carbocycles. The number of fused-ring (bicyclic) bond motifs is 5. The Balaban J connectivity index is 1.28. The van der Waals surface area contributed by atoms with E-state index in [4.69, 9.17) is 4.74 Å². The molecule has 8 rings (SSSR count). The number of hydrogen-bond donors (Lipinski definition) is 1. The minimum Gasteiger partial charge on any atom is -0.497 e. The van der Waals surface area contributed by atoms with Gasteiger partial charge >= 0.3 is 0 Å². The van der Waals surface area contributed by atoms with Gasteiger partial charge in [0, 0.05) is 48.2 Å². The van der Waals surface area contributed by atoms with Crippen molar-refractivity contribution in [3.05, 3.63) is 70.5 Å². The molecule has 54 heavy (non-hydrogen) atoms. The van der Waals surface area contributed by atoms with E-state index in [-0.39, 0.29) is 5.91 Å². The number of nitrogens with one attached hydrogen (secondary N) is 1. The number of carbonyl (C=O) groups is 2. The third-order valence-corrected chi connectivity index (χ3v) is 14.2. The minimum absolute atomic E-state index is 0.0245. The van der Waals surface area contributed by atoms with Crippen LogP contribution in [-0.4, -0.2) is 90.0 Å². The highest BCUT2D eigenvalue weighted by atomic mass is 32.2. The zero-order valence-corrected chi connectivity index (χ0v) is 32.8. The Hall–Kier alpha value is -4.42. The maximum atomic E-state index is 14.4. The Labute approximate surface area is 318 Å². The molecule has 4 heterocycles. The molecule has 3 fully saturated rings. The summed E-state index contributed by atoms with van der Waals surface area (Å²) < 4.78 is 38.7. The van der Waals surface area contributed by atoms with E-state index < -0.39 is 21.2 Å². The highest BCUT2D eigenvalue weighted by Gasteiger charge is 2.34. The van der Waals surface area contributed by atoms with Crippen molar-refractivity contribution < 1.29 is 22.7 Å². The number of hydrogen-bond acceptors (Lipinski definition) is 7. The van der Waals surface area contributed by atoms with Gasteiger partial charge in [-0.15, -0.1) is 0 Å². The number of aromatic nitrogens is 3. The number of ether oxygens (including phenoxy) is 1. The molecule has 1 N–H and O–H groups in total. The van der Waals surface area contributed by atoms with E-state index in [1.807, 2.05) is 30.1 Å². The molecule has 0 radical (unpaired) electrons. The van der Waals surface area contributed by atoms with Gasteiger partial charge in [0.25, 0.3) is 11.8 Å². The van der Waals surface area contributed by atoms with Crippen LogP contribution in [0.3, 0.4) is 0 Å². The molecule has 4 aromatic rings. The van der Waals surface area contributed by atoms with Crippen molar-refractivity contribution >= 4 is 44.4 Å². The average molecular weight is 753 g/mol. The van der Waals surface area contributed by atoms with Gasteiger partial charge in [0.1, 0.15) is 5.75 Å². The molecule has 4 aliphatic rings. The number of benzene rings is 2. The molecule has 286 valence electrons. The fraction of sp³-hybridized carbons (Fsp3) is 0.500. The fourth-order valence-corrected chi connectivity index (χ4v) is 11.0. The summed E-state index contributed by atoms with van der Waals surface area (Å²) in [5, 5.41) is 5.19. The van der Waals surface area contributed by atoms with Gasteiger partial charge in [-0.25, -0.2) is 13.1 Å². The normalized spacial score (nSPS) is 19.8. The average Bonchev–Trinajstić information content (AvgIpc) is 3.91. The topological polar surface area (TPSA) is 119 Å². The molecule has 2 aliphatic carbocycles. The number of nitrogens with zero attached hydrogens (tertiary/aromatic N) is 5. The summed E-state index contributed by atoms with van der Waals surface area (Å²) in [5.41, 5.74) is 7.80. The van der Waals surface area contributed by atoms with Crippen LogP contribution in [0.15, 0.2) is 42.6 Å². The largest absolute Gasteiger partial charge is 0.497 e. The van der Waals surface area contributed by atoms with E-state index in [2.05, 4.69) is 51.6 Å². The van der Waals surface area contributed by atoms with Crippen LogP contribution >= 0.6 is 0 Å². The van der Waals surface area contributed by atoms with Crippen LogP contribution in [0.5, 0.6) is 5.75 Å². The number of likely N-dealkylation sites (N-methyl/N-ethyl adjacent to an activating group) is 1. The number of amides is 2. The van der Waals surface area contributed by atoms with Crippen molar-refractivity contribution in [3.8, 4) is 17.0 Å². The molecule has 2 saturated carbocycles. The van der Waals surface area contributed by atoms with E-state index in [1.165, 1.54) is 12.0 Å². The second kappa shape index (κ2) is 14.7. The monoisotopic (exact) mass is 752 g/mol. The summed E-state index contributed by atoms with van der Waals surface area (Å²) >= 11 is 0. The van der Waals surface area contributed by atoms with Gasteiger partial charge in [0.15, 0.2) is 0 Å². The second-order valence-corrected chi connectivity index (χ2v) is 17.9. The van der Waals surface area contributed by atoms with E-state index in [0.717, 1.165) is 96.1 Å². The number of carbonyl (C=O) groups excluding carboxylic acids is 2. The molecule has 2 amide bonds. The third kappa shape index (κ3) is 6.65. The van der Waals surface area contributed by atoms with E-state index in [0.29, 0.717) is 55.6 Å². The lowest BCUT2D eigenvalue weighted by atomic mass is 9.81. The number of likely N-dealkylation sites (tertiary alicyclic amines) is 1. The highest BCUT2D eigenvalue weighted by Crippen LogP contribution is 2.48. The summed E-state index contributed by atoms with van der Waals surface area (Å²) in [6.07, 6.45) is 14.4. The maximum Gasteiger partial charge on any atom is 0.264 e. The molecule has 1 unspecified atom stereocenters. The van der Waals surface area contributed by atoms with Crippen LogP contribution in [0.4, 0.5) is 0 Å². The smallest absolute Gasteiger partial charge is 0.264 e. The van der Waals surface area contributed by atoms with Gasteiger partial charge in [-0.1, -0.05) is 38.2 Å². The number of sulfonamides is 1. The maximum absolute atomic E-state index is 14.4. The van der Waals surface area contributed by atoms with Crippen molar-refractivity contribution in [1.29, 1.82) is 0 Å². The van der Waals surface area contributed by atoms with Gasteiger partial charge in [-0.3, -0.25) is 14.3 Å². The first-order chi connectivity index (χ1) is 26.0. The van der Waals surface area contributed by atoms with Crippen LogP contribution in [0, 0.1) is 0 Å². The molecule has 0 spiro atoms. The Morgan fingerprint density at radius 1 is 0.926 bits per heavy atom. The lowest BCUT2D eigenvalue weighted by Crippen LogP contribution is -2.47. The molecule has 2 aliphatic heterocycles. The molecular formula is C42H52N6O5S. The van der Waals surface area contributed by atoms with Crippen molar-refractivity contribution in [3.63, 3.8) is 0 Å². The van der Waals surface area contributed by atoms with Gasteiger partial charge in [-0.05, 0) is 112 Å². The van der Waals surface area contributed by atoms with Crippen molar-refractivity contribution in [1.82, 2.24) is 28.9 Å². The number of rotatable bonds is 8. The first kappa shape index (κ1) is 36.6. The Bertz CT molecular complexity index is 2240. The Morgan fingerprint density at radius 3 is 2.43 bits per heavy atom. The van der Waals surface area contributed by atoms with Gasteiger partial charge < -0.3 is 19.1 Å². The molecule has 2 aromatic heterocycles. The predicted molar refractivity (Wildman–Crippen MR) is 212 cm³/mol. The van der Waals surface area contributed by atoms with E-state index in [1.54, 1.807) is 24.1 Å². The lowest BCUT2D eigenvalue weighted by Gasteiger charge is -2.36. The standard InChI is InChI=1S/C42H52N6O5S/c1-45(2)31-13-10-20-47(26-31)42(50)36-24-43-46(3)39(36)30-21-29-22-32(53-4)17-19-34(29)40-38(27-11-6-5-7-12-27)35-18-16-28(23-37(35)48(40)25-30)41(49)44-54(51,52)33-14-8-9-15-33/h16-19,21-24,27,31,33H,5-15,20,25-26H2,1-4H3,(H,44,49). The van der Waals surface area contributed by atoms with Gasteiger partial charge in [0.2, 0.25) is 10.0 Å². The molecule has 1 atom stereocenters. The molecule has 12 heteroatoms. The summed E-state index contributed by atoms with van der Waals surface area (Å²) in [4.78, 5) is 32.3. The predicted octanol–water partition coefficient (Wildman–Crippen LogP) is 6.82. The zero-order chi connectivity index (χ0) is 37.7. The van der Waals surface area contributed by atoms with E-state index in [9.17, 15) is 18.0 Å². The fourth-order valence-electron chi connectivity index (χ4n) is 9.50. The zero-order valence-electron chi connectivity index (χ0n) is 31.9. The van der Waals surface area contributed by atoms with Gasteiger partial charge in [-0.2, -0.15) is 5.10 Å². The van der Waals surface area contributed by atoms with Crippen LogP contribution in [0.25, 0.3) is 33.8 Å². The van der Waals surface area contributed by atoms with E-state index >= 15 is 0 Å². The highest BCUT2D eigenvalue weighted by molar-refractivity contribution is 7.90. The second-order valence-electron chi connectivity index (χ2n) is 16.0. The quantitative estimate of drug-likeness (QED) is 0.210. The summed E-state index contributed by atoms with van der Waals surface area (Å²) in [5.74, 6) is 0.433.